The lowest BCUT2D eigenvalue weighted by atomic mass is 10.0. The number of aromatic nitrogens is 4. The number of tetrazole rings is 1. The molecule has 8 heteroatoms. The van der Waals surface area contributed by atoms with Crippen molar-refractivity contribution in [3.8, 4) is 5.69 Å². The van der Waals surface area contributed by atoms with Gasteiger partial charge in [-0.3, -0.25) is 4.79 Å². The maximum atomic E-state index is 13.4. The van der Waals surface area contributed by atoms with Gasteiger partial charge in [-0.15, -0.1) is 5.10 Å². The van der Waals surface area contributed by atoms with E-state index in [1.165, 1.54) is 15.9 Å². The zero-order valence-corrected chi connectivity index (χ0v) is 16.0. The first kappa shape index (κ1) is 17.5. The van der Waals surface area contributed by atoms with E-state index in [2.05, 4.69) is 15.5 Å². The van der Waals surface area contributed by atoms with E-state index >= 15 is 0 Å². The van der Waals surface area contributed by atoms with Crippen molar-refractivity contribution in [3.63, 3.8) is 0 Å². The van der Waals surface area contributed by atoms with Crippen LogP contribution in [0.2, 0.25) is 0 Å². The molecule has 3 amide bonds. The van der Waals surface area contributed by atoms with Crippen molar-refractivity contribution in [1.29, 1.82) is 0 Å². The van der Waals surface area contributed by atoms with Crippen LogP contribution in [-0.2, 0) is 11.2 Å². The second-order valence-electron chi connectivity index (χ2n) is 7.53. The van der Waals surface area contributed by atoms with Crippen LogP contribution in [0.25, 0.3) is 5.69 Å². The first-order chi connectivity index (χ1) is 14.1. The molecule has 1 saturated heterocycles. The Morgan fingerprint density at radius 2 is 1.86 bits per heavy atom. The minimum absolute atomic E-state index is 0.146. The molecule has 29 heavy (non-hydrogen) atoms. The highest BCUT2D eigenvalue weighted by Crippen LogP contribution is 2.38. The summed E-state index contributed by atoms with van der Waals surface area (Å²) in [6.07, 6.45) is 3.89. The highest BCUT2D eigenvalue weighted by molar-refractivity contribution is 6.22. The molecular weight excluding hydrogens is 368 g/mol. The summed E-state index contributed by atoms with van der Waals surface area (Å²) in [6, 6.07) is 14.8. The van der Waals surface area contributed by atoms with Crippen LogP contribution < -0.4 is 4.90 Å². The lowest BCUT2D eigenvalue weighted by molar-refractivity contribution is -0.119. The van der Waals surface area contributed by atoms with Gasteiger partial charge in [0.1, 0.15) is 12.4 Å². The number of urea groups is 1. The average Bonchev–Trinajstić information content (AvgIpc) is 3.34. The number of imide groups is 1. The molecule has 146 valence electrons. The maximum absolute atomic E-state index is 13.4. The second kappa shape index (κ2) is 6.80. The van der Waals surface area contributed by atoms with E-state index < -0.39 is 6.04 Å². The quantitative estimate of drug-likeness (QED) is 0.627. The summed E-state index contributed by atoms with van der Waals surface area (Å²) < 4.78 is 1.51. The Bertz CT molecular complexity index is 1060. The minimum atomic E-state index is -0.478. The molecule has 1 unspecified atom stereocenters. The van der Waals surface area contributed by atoms with Gasteiger partial charge in [0.25, 0.3) is 5.91 Å². The molecule has 1 aliphatic carbocycles. The molecule has 1 saturated carbocycles. The second-order valence-corrected chi connectivity index (χ2v) is 7.53. The molecule has 2 heterocycles. The van der Waals surface area contributed by atoms with Gasteiger partial charge in [-0.05, 0) is 53.5 Å². The molecule has 2 aromatic carbocycles. The number of rotatable bonds is 5. The standard InChI is InChI=1S/C21H20N6O2/c1-14-7-8-17(25-13-22-23-24-25)12-18(14)27-20(28)19(11-15-5-3-2-4-6-15)26(21(27)29)16-9-10-16/h2-8,12-13,16,19H,9-11H2,1H3. The van der Waals surface area contributed by atoms with Gasteiger partial charge in [0.2, 0.25) is 0 Å². The maximum Gasteiger partial charge on any atom is 0.332 e. The number of amides is 3. The molecule has 0 radical (unpaired) electrons. The van der Waals surface area contributed by atoms with Gasteiger partial charge in [0.15, 0.2) is 0 Å². The predicted octanol–water partition coefficient (Wildman–Crippen LogP) is 2.51. The monoisotopic (exact) mass is 388 g/mol. The molecule has 2 aliphatic rings. The Morgan fingerprint density at radius 3 is 2.55 bits per heavy atom. The molecule has 0 bridgehead atoms. The summed E-state index contributed by atoms with van der Waals surface area (Å²) in [4.78, 5) is 29.9. The normalized spacial score (nSPS) is 19.3. The van der Waals surface area contributed by atoms with E-state index in [0.717, 1.165) is 24.0 Å². The zero-order valence-electron chi connectivity index (χ0n) is 16.0. The molecule has 1 atom stereocenters. The smallest absolute Gasteiger partial charge is 0.309 e. The largest absolute Gasteiger partial charge is 0.332 e. The van der Waals surface area contributed by atoms with Crippen LogP contribution in [0.1, 0.15) is 24.0 Å². The summed E-state index contributed by atoms with van der Waals surface area (Å²) in [5.41, 5.74) is 3.17. The number of anilines is 1. The number of nitrogens with zero attached hydrogens (tertiary/aromatic N) is 6. The van der Waals surface area contributed by atoms with Crippen molar-refractivity contribution < 1.29 is 9.59 Å². The van der Waals surface area contributed by atoms with Gasteiger partial charge >= 0.3 is 6.03 Å². The van der Waals surface area contributed by atoms with E-state index in [9.17, 15) is 9.59 Å². The summed E-state index contributed by atoms with van der Waals surface area (Å²) in [7, 11) is 0. The van der Waals surface area contributed by atoms with Crippen LogP contribution in [0.4, 0.5) is 10.5 Å². The molecule has 1 aromatic heterocycles. The Labute approximate surface area is 167 Å². The SMILES string of the molecule is Cc1ccc(-n2cnnn2)cc1N1C(=O)C(Cc2ccccc2)N(C2CC2)C1=O. The number of carbonyl (C=O) groups is 2. The summed E-state index contributed by atoms with van der Waals surface area (Å²) in [6.45, 7) is 1.89. The zero-order chi connectivity index (χ0) is 20.0. The Balaban J connectivity index is 1.53. The molecule has 0 spiro atoms. The molecular formula is C21H20N6O2. The van der Waals surface area contributed by atoms with Crippen molar-refractivity contribution in [2.75, 3.05) is 4.90 Å². The van der Waals surface area contributed by atoms with Crippen molar-refractivity contribution >= 4 is 17.6 Å². The molecule has 2 fully saturated rings. The first-order valence-corrected chi connectivity index (χ1v) is 9.67. The first-order valence-electron chi connectivity index (χ1n) is 9.67. The van der Waals surface area contributed by atoms with Crippen LogP contribution in [-0.4, -0.2) is 49.1 Å². The highest BCUT2D eigenvalue weighted by atomic mass is 16.2. The third kappa shape index (κ3) is 3.06. The lowest BCUT2D eigenvalue weighted by Crippen LogP contribution is -2.38. The molecule has 5 rings (SSSR count). The van der Waals surface area contributed by atoms with Gasteiger partial charge in [0.05, 0.1) is 11.4 Å². The lowest BCUT2D eigenvalue weighted by Gasteiger charge is -2.21. The van der Waals surface area contributed by atoms with Crippen molar-refractivity contribution in [3.05, 3.63) is 66.0 Å². The van der Waals surface area contributed by atoms with E-state index in [4.69, 9.17) is 0 Å². The van der Waals surface area contributed by atoms with E-state index in [0.29, 0.717) is 17.8 Å². The number of aryl methyl sites for hydroxylation is 1. The predicted molar refractivity (Wildman–Crippen MR) is 106 cm³/mol. The fourth-order valence-corrected chi connectivity index (χ4v) is 3.88. The van der Waals surface area contributed by atoms with Gasteiger partial charge < -0.3 is 4.90 Å². The van der Waals surface area contributed by atoms with E-state index in [1.54, 1.807) is 11.0 Å². The molecule has 0 N–H and O–H groups in total. The highest BCUT2D eigenvalue weighted by Gasteiger charge is 2.51. The topological polar surface area (TPSA) is 84.2 Å². The molecule has 8 nitrogen and oxygen atoms in total. The number of hydrogen-bond donors (Lipinski definition) is 0. The average molecular weight is 388 g/mol. The Kier molecular flexibility index (Phi) is 4.12. The minimum Gasteiger partial charge on any atom is -0.309 e. The van der Waals surface area contributed by atoms with E-state index in [1.807, 2.05) is 49.4 Å². The van der Waals surface area contributed by atoms with Crippen LogP contribution >= 0.6 is 0 Å². The van der Waals surface area contributed by atoms with Gasteiger partial charge in [0, 0.05) is 12.5 Å². The number of carbonyl (C=O) groups excluding carboxylic acids is 2. The third-order valence-electron chi connectivity index (χ3n) is 5.51. The Morgan fingerprint density at radius 1 is 1.07 bits per heavy atom. The van der Waals surface area contributed by atoms with E-state index in [-0.39, 0.29) is 18.0 Å². The van der Waals surface area contributed by atoms with Crippen molar-refractivity contribution in [1.82, 2.24) is 25.1 Å². The summed E-state index contributed by atoms with van der Waals surface area (Å²) in [5.74, 6) is -0.178. The van der Waals surface area contributed by atoms with Crippen molar-refractivity contribution in [2.24, 2.45) is 0 Å². The third-order valence-corrected chi connectivity index (χ3v) is 5.51. The molecule has 1 aliphatic heterocycles. The summed E-state index contributed by atoms with van der Waals surface area (Å²) in [5, 5.41) is 11.2. The van der Waals surface area contributed by atoms with Gasteiger partial charge in [-0.1, -0.05) is 36.4 Å². The fourth-order valence-electron chi connectivity index (χ4n) is 3.88. The fraction of sp³-hybridized carbons (Fsp3) is 0.286. The van der Waals surface area contributed by atoms with Crippen molar-refractivity contribution in [2.45, 2.75) is 38.3 Å². The van der Waals surface area contributed by atoms with Crippen LogP contribution in [0.15, 0.2) is 54.9 Å². The summed E-state index contributed by atoms with van der Waals surface area (Å²) >= 11 is 0. The number of hydrogen-bond acceptors (Lipinski definition) is 5. The molecule has 3 aromatic rings. The van der Waals surface area contributed by atoms with Crippen LogP contribution in [0.5, 0.6) is 0 Å². The Hall–Kier alpha value is -3.55. The van der Waals surface area contributed by atoms with Gasteiger partial charge in [-0.2, -0.15) is 0 Å². The van der Waals surface area contributed by atoms with Crippen LogP contribution in [0.3, 0.4) is 0 Å². The van der Waals surface area contributed by atoms with Gasteiger partial charge in [-0.25, -0.2) is 14.4 Å². The number of benzene rings is 2. The van der Waals surface area contributed by atoms with Crippen LogP contribution in [0, 0.1) is 6.92 Å².